The molecule has 0 spiro atoms. The zero-order chi connectivity index (χ0) is 46.6. The number of carbonyl (C=O) groups is 5. The molecule has 2 fully saturated rings. The molecule has 3 aliphatic heterocycles. The minimum Gasteiger partial charge on any atom is -0.464 e. The second-order valence-electron chi connectivity index (χ2n) is 19.2. The minimum atomic E-state index is -1.04. The summed E-state index contributed by atoms with van der Waals surface area (Å²) in [6.07, 6.45) is 5.95. The second kappa shape index (κ2) is 20.0. The van der Waals surface area contributed by atoms with Crippen LogP contribution in [0.1, 0.15) is 65.0 Å². The summed E-state index contributed by atoms with van der Waals surface area (Å²) in [5, 5.41) is 5.61. The van der Waals surface area contributed by atoms with Gasteiger partial charge in [-0.2, -0.15) is 0 Å². The number of likely N-dealkylation sites (N-methyl/N-ethyl adjacent to an activating group) is 1. The van der Waals surface area contributed by atoms with E-state index in [1.165, 1.54) is 9.91 Å². The SMILES string of the molecule is CCn1c(-c2cccnc2)c2c3cc(ccc31)-c1cccc(c1)CC(NC(=O)[C@H](C(C)C)N(C)C(=O)[C@H]1CCN(C(=O)C#CCN(C)C)C1)C(=O)N1CCC[C@H](N1)C(=O)OCC(C)(C)C2. The number of hydrogen-bond acceptors (Lipinski definition) is 9. The van der Waals surface area contributed by atoms with E-state index in [1.54, 1.807) is 18.1 Å². The van der Waals surface area contributed by atoms with E-state index in [4.69, 9.17) is 4.74 Å². The van der Waals surface area contributed by atoms with E-state index in [2.05, 4.69) is 89.3 Å². The van der Waals surface area contributed by atoms with Crippen molar-refractivity contribution in [3.8, 4) is 34.2 Å². The topological polar surface area (TPSA) is 149 Å². The van der Waals surface area contributed by atoms with Crippen molar-refractivity contribution in [3.05, 3.63) is 78.1 Å². The van der Waals surface area contributed by atoms with E-state index in [-0.39, 0.29) is 37.3 Å². The number of ether oxygens (including phenoxy) is 1. The van der Waals surface area contributed by atoms with E-state index in [9.17, 15) is 24.0 Å². The predicted molar refractivity (Wildman–Crippen MR) is 251 cm³/mol. The van der Waals surface area contributed by atoms with Crippen molar-refractivity contribution in [2.24, 2.45) is 17.3 Å². The zero-order valence-electron chi connectivity index (χ0n) is 39.1. The first-order valence-corrected chi connectivity index (χ1v) is 22.9. The lowest BCUT2D eigenvalue weighted by Crippen LogP contribution is -2.62. The number of benzene rings is 2. The van der Waals surface area contributed by atoms with Gasteiger partial charge in [0, 0.05) is 73.9 Å². The first-order valence-electron chi connectivity index (χ1n) is 22.9. The highest BCUT2D eigenvalue weighted by atomic mass is 16.5. The Bertz CT molecular complexity index is 2490. The zero-order valence-corrected chi connectivity index (χ0v) is 39.1. The van der Waals surface area contributed by atoms with Crippen LogP contribution in [-0.2, 0) is 48.1 Å². The Labute approximate surface area is 383 Å². The Hall–Kier alpha value is -6.04. The van der Waals surface area contributed by atoms with Gasteiger partial charge in [0.15, 0.2) is 0 Å². The van der Waals surface area contributed by atoms with E-state index in [0.717, 1.165) is 51.0 Å². The van der Waals surface area contributed by atoms with Gasteiger partial charge in [-0.1, -0.05) is 63.9 Å². The fraction of sp³-hybridized carbons (Fsp3) is 0.490. The maximum Gasteiger partial charge on any atom is 0.324 e. The number of carbonyl (C=O) groups excluding carboxylic acids is 5. The Balaban J connectivity index is 1.22. The number of likely N-dealkylation sites (tertiary alicyclic amines) is 1. The third kappa shape index (κ3) is 10.6. The van der Waals surface area contributed by atoms with Gasteiger partial charge in [0.1, 0.15) is 18.1 Å². The Morgan fingerprint density at radius 2 is 1.77 bits per heavy atom. The molecule has 1 unspecified atom stereocenters. The fourth-order valence-electron chi connectivity index (χ4n) is 9.56. The van der Waals surface area contributed by atoms with E-state index in [1.807, 2.05) is 57.2 Å². The number of pyridine rings is 1. The molecule has 4 aromatic rings. The van der Waals surface area contributed by atoms with E-state index >= 15 is 0 Å². The summed E-state index contributed by atoms with van der Waals surface area (Å²) in [4.78, 5) is 79.3. The molecule has 0 aliphatic carbocycles. The number of nitrogens with zero attached hydrogens (tertiary/aromatic N) is 6. The molecule has 2 N–H and O–H groups in total. The molecule has 14 nitrogen and oxygen atoms in total. The number of hydrazine groups is 1. The van der Waals surface area contributed by atoms with Crippen LogP contribution in [0.4, 0.5) is 0 Å². The van der Waals surface area contributed by atoms with Gasteiger partial charge in [-0.25, -0.2) is 5.43 Å². The van der Waals surface area contributed by atoms with Crippen molar-refractivity contribution in [1.82, 2.24) is 40.0 Å². The largest absolute Gasteiger partial charge is 0.464 e. The van der Waals surface area contributed by atoms with Crippen molar-refractivity contribution < 1.29 is 28.7 Å². The number of cyclic esters (lactones) is 1. The summed E-state index contributed by atoms with van der Waals surface area (Å²) in [6, 6.07) is 15.9. The number of aromatic nitrogens is 2. The van der Waals surface area contributed by atoms with Crippen molar-refractivity contribution in [2.75, 3.05) is 53.9 Å². The van der Waals surface area contributed by atoms with Crippen molar-refractivity contribution in [3.63, 3.8) is 0 Å². The van der Waals surface area contributed by atoms with Gasteiger partial charge in [0.2, 0.25) is 11.8 Å². The number of esters is 1. The van der Waals surface area contributed by atoms with Crippen LogP contribution in [-0.4, -0.2) is 131 Å². The fourth-order valence-corrected chi connectivity index (χ4v) is 9.56. The first kappa shape index (κ1) is 46.9. The number of aryl methyl sites for hydroxylation is 1. The smallest absolute Gasteiger partial charge is 0.324 e. The summed E-state index contributed by atoms with van der Waals surface area (Å²) in [6.45, 7) is 12.4. The molecule has 2 aromatic heterocycles. The highest BCUT2D eigenvalue weighted by Gasteiger charge is 2.40. The minimum absolute atomic E-state index is 0.155. The van der Waals surface area contributed by atoms with Crippen LogP contribution in [0, 0.1) is 29.1 Å². The van der Waals surface area contributed by atoms with Crippen LogP contribution in [0.5, 0.6) is 0 Å². The number of rotatable bonds is 8. The first-order chi connectivity index (χ1) is 31.0. The quantitative estimate of drug-likeness (QED) is 0.186. The molecule has 4 amide bonds. The van der Waals surface area contributed by atoms with Crippen molar-refractivity contribution in [1.29, 1.82) is 0 Å². The molecule has 344 valence electrons. The van der Waals surface area contributed by atoms with E-state index < -0.39 is 47.2 Å². The standard InChI is InChI=1S/C51H64N8O6/c1-9-58-43-20-19-36-28-39(43)40(46(58)37-16-11-22-52-30-37)29-51(4,5)32-65-50(64)41-17-12-24-59(54-41)49(63)42(27-34-14-10-15-35(36)26-34)53-47(61)45(33(2)3)56(8)48(62)38-21-25-57(31-38)44(60)18-13-23-55(6)7/h10-11,14-16,19-20,22,26,28,30,33,38,41-42,45,54H,9,12,17,21,23-25,27,29,31-32H2,1-8H3,(H,53,61)/t38-,41-,42?,45-/m0/s1. The Morgan fingerprint density at radius 1 is 1.00 bits per heavy atom. The lowest BCUT2D eigenvalue weighted by Gasteiger charge is -2.37. The molecule has 4 atom stereocenters. The maximum absolute atomic E-state index is 14.7. The van der Waals surface area contributed by atoms with E-state index in [0.29, 0.717) is 45.3 Å². The van der Waals surface area contributed by atoms with Gasteiger partial charge >= 0.3 is 5.97 Å². The van der Waals surface area contributed by atoms with Crippen LogP contribution in [0.15, 0.2) is 67.0 Å². The molecule has 0 radical (unpaired) electrons. The number of fused-ring (bicyclic) bond motifs is 6. The highest BCUT2D eigenvalue weighted by Crippen LogP contribution is 2.40. The van der Waals surface area contributed by atoms with Crippen LogP contribution in [0.25, 0.3) is 33.3 Å². The van der Waals surface area contributed by atoms with Gasteiger partial charge in [-0.3, -0.25) is 38.9 Å². The van der Waals surface area contributed by atoms with Gasteiger partial charge in [-0.15, -0.1) is 0 Å². The molecular formula is C51H64N8O6. The molecule has 2 aromatic carbocycles. The normalized spacial score (nSPS) is 20.5. The van der Waals surface area contributed by atoms with Crippen LogP contribution >= 0.6 is 0 Å². The molecule has 5 heterocycles. The van der Waals surface area contributed by atoms with Gasteiger partial charge in [0.05, 0.1) is 24.8 Å². The van der Waals surface area contributed by atoms with Crippen LogP contribution in [0.2, 0.25) is 0 Å². The Morgan fingerprint density at radius 3 is 2.49 bits per heavy atom. The highest BCUT2D eigenvalue weighted by molar-refractivity contribution is 5.97. The molecule has 6 bridgehead atoms. The molecule has 14 heteroatoms. The lowest BCUT2D eigenvalue weighted by atomic mass is 9.84. The monoisotopic (exact) mass is 884 g/mol. The third-order valence-corrected chi connectivity index (χ3v) is 12.8. The predicted octanol–water partition coefficient (Wildman–Crippen LogP) is 4.94. The summed E-state index contributed by atoms with van der Waals surface area (Å²) in [5.41, 5.74) is 9.83. The molecular weight excluding hydrogens is 821 g/mol. The van der Waals surface area contributed by atoms with Crippen LogP contribution in [0.3, 0.4) is 0 Å². The average molecular weight is 885 g/mol. The third-order valence-electron chi connectivity index (χ3n) is 12.8. The number of hydrogen-bond donors (Lipinski definition) is 2. The molecule has 3 aliphatic rings. The van der Waals surface area contributed by atoms with Gasteiger partial charge in [-0.05, 0) is 105 Å². The summed E-state index contributed by atoms with van der Waals surface area (Å²) >= 11 is 0. The van der Waals surface area contributed by atoms with Crippen molar-refractivity contribution >= 4 is 40.5 Å². The van der Waals surface area contributed by atoms with Crippen LogP contribution < -0.4 is 10.7 Å². The molecule has 0 saturated carbocycles. The average Bonchev–Trinajstić information content (AvgIpc) is 3.90. The summed E-state index contributed by atoms with van der Waals surface area (Å²) in [7, 11) is 5.36. The summed E-state index contributed by atoms with van der Waals surface area (Å²) in [5.74, 6) is 2.87. The lowest BCUT2D eigenvalue weighted by molar-refractivity contribution is -0.155. The summed E-state index contributed by atoms with van der Waals surface area (Å²) < 4.78 is 8.40. The number of nitrogens with one attached hydrogen (secondary N) is 2. The molecule has 7 rings (SSSR count). The molecule has 65 heavy (non-hydrogen) atoms. The van der Waals surface area contributed by atoms with Gasteiger partial charge < -0.3 is 24.4 Å². The number of amides is 4. The van der Waals surface area contributed by atoms with Crippen molar-refractivity contribution in [2.45, 2.75) is 91.4 Å². The van der Waals surface area contributed by atoms with Gasteiger partial charge in [0.25, 0.3) is 11.8 Å². The maximum atomic E-state index is 14.7. The Kier molecular flexibility index (Phi) is 14.4. The molecule has 2 saturated heterocycles. The second-order valence-corrected chi connectivity index (χ2v) is 19.2.